The van der Waals surface area contributed by atoms with E-state index in [1.54, 1.807) is 0 Å². The van der Waals surface area contributed by atoms with Gasteiger partial charge in [-0.15, -0.1) is 0 Å². The zero-order valence-electron chi connectivity index (χ0n) is 8.79. The second-order valence-corrected chi connectivity index (χ2v) is 3.54. The van der Waals surface area contributed by atoms with Crippen LogP contribution < -0.4 is 10.6 Å². The van der Waals surface area contributed by atoms with Crippen LogP contribution in [0.4, 0.5) is 0 Å². The molecule has 5 nitrogen and oxygen atoms in total. The van der Waals surface area contributed by atoms with Gasteiger partial charge < -0.3 is 15.4 Å². The van der Waals surface area contributed by atoms with Crippen LogP contribution in [0, 0.1) is 11.3 Å². The summed E-state index contributed by atoms with van der Waals surface area (Å²) in [7, 11) is 0. The van der Waals surface area contributed by atoms with Gasteiger partial charge in [0.15, 0.2) is 0 Å². The van der Waals surface area contributed by atoms with Crippen LogP contribution in [0.25, 0.3) is 0 Å². The normalized spacial score (nSPS) is 20.6. The highest BCUT2D eigenvalue weighted by Crippen LogP contribution is 1.98. The van der Waals surface area contributed by atoms with Crippen molar-refractivity contribution in [1.29, 1.82) is 5.26 Å². The average molecular weight is 211 g/mol. The maximum atomic E-state index is 11.4. The summed E-state index contributed by atoms with van der Waals surface area (Å²) in [5.41, 5.74) is 0. The highest BCUT2D eigenvalue weighted by atomic mass is 16.5. The van der Waals surface area contributed by atoms with E-state index in [2.05, 4.69) is 10.6 Å². The second-order valence-electron chi connectivity index (χ2n) is 3.54. The zero-order chi connectivity index (χ0) is 10.9. The lowest BCUT2D eigenvalue weighted by atomic mass is 10.2. The summed E-state index contributed by atoms with van der Waals surface area (Å²) in [5.74, 6) is 0.0240. The molecule has 1 heterocycles. The van der Waals surface area contributed by atoms with E-state index in [0.717, 1.165) is 19.6 Å². The number of unbranched alkanes of at least 4 members (excludes halogenated alkanes) is 1. The first-order valence-corrected chi connectivity index (χ1v) is 5.27. The molecule has 1 aliphatic rings. The van der Waals surface area contributed by atoms with Gasteiger partial charge in [-0.2, -0.15) is 5.26 Å². The van der Waals surface area contributed by atoms with Gasteiger partial charge in [-0.25, -0.2) is 0 Å². The van der Waals surface area contributed by atoms with E-state index in [-0.39, 0.29) is 11.9 Å². The number of ether oxygens (including phenoxy) is 1. The quantitative estimate of drug-likeness (QED) is 0.617. The summed E-state index contributed by atoms with van der Waals surface area (Å²) in [6, 6.07) is 2.17. The van der Waals surface area contributed by atoms with Crippen molar-refractivity contribution in [1.82, 2.24) is 10.6 Å². The van der Waals surface area contributed by atoms with E-state index in [0.29, 0.717) is 26.0 Å². The molecule has 0 aromatic rings. The number of nitrogens with one attached hydrogen (secondary N) is 2. The first kappa shape index (κ1) is 12.0. The molecule has 1 fully saturated rings. The van der Waals surface area contributed by atoms with Crippen LogP contribution in [0.15, 0.2) is 0 Å². The largest absolute Gasteiger partial charge is 0.378 e. The number of rotatable bonds is 5. The van der Waals surface area contributed by atoms with E-state index in [1.165, 1.54) is 0 Å². The second kappa shape index (κ2) is 7.21. The van der Waals surface area contributed by atoms with Gasteiger partial charge in [-0.05, 0) is 6.42 Å². The summed E-state index contributed by atoms with van der Waals surface area (Å²) in [4.78, 5) is 11.4. The molecule has 2 N–H and O–H groups in total. The average Bonchev–Trinajstić information content (AvgIpc) is 2.26. The Kier molecular flexibility index (Phi) is 5.74. The minimum atomic E-state index is 0.0240. The standard InChI is InChI=1S/C10H17N3O2/c11-3-1-2-4-13-10(14)7-9-8-15-6-5-12-9/h9,12H,1-2,4-8H2,(H,13,14). The van der Waals surface area contributed by atoms with Crippen LogP contribution >= 0.6 is 0 Å². The van der Waals surface area contributed by atoms with E-state index < -0.39 is 0 Å². The molecule has 0 spiro atoms. The van der Waals surface area contributed by atoms with Gasteiger partial charge in [0.25, 0.3) is 0 Å². The van der Waals surface area contributed by atoms with Crippen molar-refractivity contribution < 1.29 is 9.53 Å². The summed E-state index contributed by atoms with van der Waals surface area (Å²) >= 11 is 0. The van der Waals surface area contributed by atoms with Crippen molar-refractivity contribution in [2.45, 2.75) is 25.3 Å². The Morgan fingerprint density at radius 3 is 3.20 bits per heavy atom. The highest BCUT2D eigenvalue weighted by molar-refractivity contribution is 5.76. The van der Waals surface area contributed by atoms with Gasteiger partial charge in [0.05, 0.1) is 19.3 Å². The molecule has 0 aliphatic carbocycles. The molecule has 0 saturated carbocycles. The maximum absolute atomic E-state index is 11.4. The lowest BCUT2D eigenvalue weighted by Crippen LogP contribution is -2.44. The van der Waals surface area contributed by atoms with Gasteiger partial charge in [0.2, 0.25) is 5.91 Å². The van der Waals surface area contributed by atoms with E-state index >= 15 is 0 Å². The molecule has 5 heteroatoms. The predicted molar refractivity (Wildman–Crippen MR) is 55.1 cm³/mol. The third-order valence-corrected chi connectivity index (χ3v) is 2.22. The number of carbonyl (C=O) groups excluding carboxylic acids is 1. The summed E-state index contributed by atoms with van der Waals surface area (Å²) < 4.78 is 5.24. The van der Waals surface area contributed by atoms with Crippen molar-refractivity contribution in [3.8, 4) is 6.07 Å². The van der Waals surface area contributed by atoms with Crippen molar-refractivity contribution >= 4 is 5.91 Å². The number of nitriles is 1. The van der Waals surface area contributed by atoms with Gasteiger partial charge in [-0.1, -0.05) is 0 Å². The van der Waals surface area contributed by atoms with Crippen molar-refractivity contribution in [3.63, 3.8) is 0 Å². The van der Waals surface area contributed by atoms with Gasteiger partial charge in [-0.3, -0.25) is 4.79 Å². The minimum Gasteiger partial charge on any atom is -0.378 e. The molecule has 0 radical (unpaired) electrons. The van der Waals surface area contributed by atoms with Gasteiger partial charge in [0, 0.05) is 32.0 Å². The zero-order valence-corrected chi connectivity index (χ0v) is 8.79. The Balaban J connectivity index is 2.04. The molecular formula is C10H17N3O2. The molecule has 84 valence electrons. The molecule has 1 atom stereocenters. The number of hydrogen-bond acceptors (Lipinski definition) is 4. The number of amides is 1. The summed E-state index contributed by atoms with van der Waals surface area (Å²) in [6.07, 6.45) is 1.66. The van der Waals surface area contributed by atoms with Crippen LogP contribution in [-0.4, -0.2) is 38.3 Å². The van der Waals surface area contributed by atoms with Gasteiger partial charge >= 0.3 is 0 Å². The maximum Gasteiger partial charge on any atom is 0.221 e. The van der Waals surface area contributed by atoms with Gasteiger partial charge in [0.1, 0.15) is 0 Å². The first-order valence-electron chi connectivity index (χ1n) is 5.27. The molecule has 0 aromatic heterocycles. The third-order valence-electron chi connectivity index (χ3n) is 2.22. The number of morpholine rings is 1. The SMILES string of the molecule is N#CCCCNC(=O)CC1COCCN1. The number of nitrogens with zero attached hydrogens (tertiary/aromatic N) is 1. The molecule has 1 amide bonds. The molecule has 0 bridgehead atoms. The van der Waals surface area contributed by atoms with Crippen molar-refractivity contribution in [2.24, 2.45) is 0 Å². The Labute approximate surface area is 89.8 Å². The van der Waals surface area contributed by atoms with Crippen LogP contribution in [0.5, 0.6) is 0 Å². The predicted octanol–water partition coefficient (Wildman–Crippen LogP) is -0.215. The summed E-state index contributed by atoms with van der Waals surface area (Å²) in [6.45, 7) is 2.72. The summed E-state index contributed by atoms with van der Waals surface area (Å²) in [5, 5.41) is 14.3. The van der Waals surface area contributed by atoms with Crippen molar-refractivity contribution in [3.05, 3.63) is 0 Å². The Hall–Kier alpha value is -1.12. The van der Waals surface area contributed by atoms with Crippen LogP contribution in [-0.2, 0) is 9.53 Å². The van der Waals surface area contributed by atoms with E-state index in [1.807, 2.05) is 6.07 Å². The monoisotopic (exact) mass is 211 g/mol. The highest BCUT2D eigenvalue weighted by Gasteiger charge is 2.16. The van der Waals surface area contributed by atoms with Crippen LogP contribution in [0.3, 0.4) is 0 Å². The fourth-order valence-electron chi connectivity index (χ4n) is 1.44. The molecule has 1 saturated heterocycles. The van der Waals surface area contributed by atoms with E-state index in [4.69, 9.17) is 10.00 Å². The lowest BCUT2D eigenvalue weighted by molar-refractivity contribution is -0.122. The minimum absolute atomic E-state index is 0.0240. The van der Waals surface area contributed by atoms with Crippen LogP contribution in [0.1, 0.15) is 19.3 Å². The van der Waals surface area contributed by atoms with E-state index in [9.17, 15) is 4.79 Å². The van der Waals surface area contributed by atoms with Crippen LogP contribution in [0.2, 0.25) is 0 Å². The fourth-order valence-corrected chi connectivity index (χ4v) is 1.44. The van der Waals surface area contributed by atoms with Crippen molar-refractivity contribution in [2.75, 3.05) is 26.3 Å². The molecular weight excluding hydrogens is 194 g/mol. The first-order chi connectivity index (χ1) is 7.33. The lowest BCUT2D eigenvalue weighted by Gasteiger charge is -2.23. The number of carbonyl (C=O) groups is 1. The topological polar surface area (TPSA) is 74.2 Å². The number of hydrogen-bond donors (Lipinski definition) is 2. The fraction of sp³-hybridized carbons (Fsp3) is 0.800. The third kappa shape index (κ3) is 5.35. The Morgan fingerprint density at radius 1 is 1.67 bits per heavy atom. The molecule has 0 aromatic carbocycles. The Bertz CT molecular complexity index is 231. The molecule has 1 aliphatic heterocycles. The Morgan fingerprint density at radius 2 is 2.53 bits per heavy atom. The molecule has 1 unspecified atom stereocenters. The smallest absolute Gasteiger partial charge is 0.221 e. The molecule has 15 heavy (non-hydrogen) atoms. The molecule has 1 rings (SSSR count).